The molecule has 1 saturated heterocycles. The standard InChI is InChI=1S/C13H18FNO/c14-12-4-1-3-11(9-12)13(6-8-16)5-2-7-15-10-13/h1,3-4,9,15-16H,2,5-8,10H2/t13-/m1/s1. The quantitative estimate of drug-likeness (QED) is 0.819. The van der Waals surface area contributed by atoms with Gasteiger partial charge < -0.3 is 10.4 Å². The zero-order chi connectivity index (χ0) is 11.4. The van der Waals surface area contributed by atoms with Gasteiger partial charge in [0, 0.05) is 18.6 Å². The summed E-state index contributed by atoms with van der Waals surface area (Å²) in [5.41, 5.74) is 0.920. The maximum Gasteiger partial charge on any atom is 0.123 e. The lowest BCUT2D eigenvalue weighted by atomic mass is 9.72. The second-order valence-corrected chi connectivity index (χ2v) is 4.54. The number of rotatable bonds is 3. The van der Waals surface area contributed by atoms with Crippen molar-refractivity contribution < 1.29 is 9.50 Å². The molecule has 16 heavy (non-hydrogen) atoms. The average molecular weight is 223 g/mol. The van der Waals surface area contributed by atoms with Gasteiger partial charge in [0.2, 0.25) is 0 Å². The highest BCUT2D eigenvalue weighted by Crippen LogP contribution is 2.34. The molecule has 1 aromatic carbocycles. The van der Waals surface area contributed by atoms with Crippen molar-refractivity contribution >= 4 is 0 Å². The number of hydrogen-bond donors (Lipinski definition) is 2. The van der Waals surface area contributed by atoms with Crippen LogP contribution in [0, 0.1) is 5.82 Å². The van der Waals surface area contributed by atoms with Crippen LogP contribution in [-0.2, 0) is 5.41 Å². The smallest absolute Gasteiger partial charge is 0.123 e. The summed E-state index contributed by atoms with van der Waals surface area (Å²) in [6.45, 7) is 2.00. The Morgan fingerprint density at radius 2 is 2.31 bits per heavy atom. The minimum Gasteiger partial charge on any atom is -0.396 e. The topological polar surface area (TPSA) is 32.3 Å². The first-order valence-electron chi connectivity index (χ1n) is 5.84. The van der Waals surface area contributed by atoms with E-state index in [1.54, 1.807) is 12.1 Å². The van der Waals surface area contributed by atoms with Gasteiger partial charge in [-0.25, -0.2) is 4.39 Å². The van der Waals surface area contributed by atoms with Crippen molar-refractivity contribution in [3.05, 3.63) is 35.6 Å². The Labute approximate surface area is 95.5 Å². The third-order valence-corrected chi connectivity index (χ3v) is 3.50. The Hall–Kier alpha value is -0.930. The molecule has 0 aliphatic carbocycles. The lowest BCUT2D eigenvalue weighted by Gasteiger charge is -2.38. The maximum atomic E-state index is 13.2. The average Bonchev–Trinajstić information content (AvgIpc) is 2.31. The molecule has 1 aliphatic heterocycles. The molecule has 0 radical (unpaired) electrons. The van der Waals surface area contributed by atoms with Gasteiger partial charge in [-0.1, -0.05) is 12.1 Å². The van der Waals surface area contributed by atoms with Crippen molar-refractivity contribution in [1.29, 1.82) is 0 Å². The first kappa shape index (κ1) is 11.6. The number of aliphatic hydroxyl groups is 1. The van der Waals surface area contributed by atoms with Gasteiger partial charge in [0.15, 0.2) is 0 Å². The van der Waals surface area contributed by atoms with Crippen LogP contribution >= 0.6 is 0 Å². The number of aliphatic hydroxyl groups excluding tert-OH is 1. The van der Waals surface area contributed by atoms with E-state index in [0.717, 1.165) is 31.5 Å². The van der Waals surface area contributed by atoms with Gasteiger partial charge in [0.05, 0.1) is 0 Å². The molecule has 1 fully saturated rings. The third-order valence-electron chi connectivity index (χ3n) is 3.50. The highest BCUT2D eigenvalue weighted by molar-refractivity contribution is 5.27. The van der Waals surface area contributed by atoms with E-state index in [4.69, 9.17) is 0 Å². The van der Waals surface area contributed by atoms with Crippen molar-refractivity contribution in [3.8, 4) is 0 Å². The number of benzene rings is 1. The first-order chi connectivity index (χ1) is 7.77. The fourth-order valence-corrected chi connectivity index (χ4v) is 2.60. The summed E-state index contributed by atoms with van der Waals surface area (Å²) in [7, 11) is 0. The van der Waals surface area contributed by atoms with Gasteiger partial charge in [0.25, 0.3) is 0 Å². The summed E-state index contributed by atoms with van der Waals surface area (Å²) in [6.07, 6.45) is 2.80. The zero-order valence-corrected chi connectivity index (χ0v) is 9.38. The number of halogens is 1. The van der Waals surface area contributed by atoms with E-state index in [9.17, 15) is 9.50 Å². The molecule has 88 valence electrons. The lowest BCUT2D eigenvalue weighted by molar-refractivity contribution is 0.207. The fraction of sp³-hybridized carbons (Fsp3) is 0.538. The number of hydrogen-bond acceptors (Lipinski definition) is 2. The second-order valence-electron chi connectivity index (χ2n) is 4.54. The van der Waals surface area contributed by atoms with Crippen LogP contribution in [0.3, 0.4) is 0 Å². The molecular formula is C13H18FNO. The van der Waals surface area contributed by atoms with E-state index in [-0.39, 0.29) is 17.8 Å². The summed E-state index contributed by atoms with van der Waals surface area (Å²) in [5, 5.41) is 12.5. The predicted octanol–water partition coefficient (Wildman–Crippen LogP) is 1.83. The number of piperidine rings is 1. The molecule has 3 heteroatoms. The molecule has 0 spiro atoms. The highest BCUT2D eigenvalue weighted by atomic mass is 19.1. The Balaban J connectivity index is 2.30. The van der Waals surface area contributed by atoms with Gasteiger partial charge in [-0.2, -0.15) is 0 Å². The van der Waals surface area contributed by atoms with Crippen molar-refractivity contribution in [2.75, 3.05) is 19.7 Å². The monoisotopic (exact) mass is 223 g/mol. The van der Waals surface area contributed by atoms with Crippen LogP contribution < -0.4 is 5.32 Å². The molecule has 0 amide bonds. The molecular weight excluding hydrogens is 205 g/mol. The molecule has 2 nitrogen and oxygen atoms in total. The summed E-state index contributed by atoms with van der Waals surface area (Å²) in [4.78, 5) is 0. The van der Waals surface area contributed by atoms with E-state index in [0.29, 0.717) is 6.42 Å². The molecule has 2 N–H and O–H groups in total. The van der Waals surface area contributed by atoms with Crippen LogP contribution in [0.25, 0.3) is 0 Å². The predicted molar refractivity (Wildman–Crippen MR) is 61.9 cm³/mol. The number of nitrogens with one attached hydrogen (secondary N) is 1. The third kappa shape index (κ3) is 2.25. The van der Waals surface area contributed by atoms with E-state index < -0.39 is 0 Å². The summed E-state index contributed by atoms with van der Waals surface area (Å²) < 4.78 is 13.2. The summed E-state index contributed by atoms with van der Waals surface area (Å²) in [6, 6.07) is 6.78. The SMILES string of the molecule is OCC[C@]1(c2cccc(F)c2)CCCNC1. The van der Waals surface area contributed by atoms with Crippen LogP contribution in [0.4, 0.5) is 4.39 Å². The van der Waals surface area contributed by atoms with E-state index in [1.165, 1.54) is 6.07 Å². The minimum absolute atomic E-state index is 0.0882. The normalized spacial score (nSPS) is 25.6. The van der Waals surface area contributed by atoms with Crippen LogP contribution in [0.1, 0.15) is 24.8 Å². The van der Waals surface area contributed by atoms with Crippen molar-refractivity contribution in [3.63, 3.8) is 0 Å². The molecule has 2 rings (SSSR count). The minimum atomic E-state index is -0.194. The molecule has 1 aromatic rings. The Morgan fingerprint density at radius 1 is 1.44 bits per heavy atom. The van der Waals surface area contributed by atoms with Crippen LogP contribution in [0.5, 0.6) is 0 Å². The van der Waals surface area contributed by atoms with Crippen LogP contribution in [0.15, 0.2) is 24.3 Å². The lowest BCUT2D eigenvalue weighted by Crippen LogP contribution is -2.44. The van der Waals surface area contributed by atoms with E-state index in [2.05, 4.69) is 5.32 Å². The van der Waals surface area contributed by atoms with E-state index >= 15 is 0 Å². The molecule has 0 saturated carbocycles. The summed E-state index contributed by atoms with van der Waals surface area (Å²) in [5.74, 6) is -0.194. The molecule has 1 aliphatic rings. The van der Waals surface area contributed by atoms with Crippen molar-refractivity contribution in [2.45, 2.75) is 24.7 Å². The Kier molecular flexibility index (Phi) is 3.56. The van der Waals surface area contributed by atoms with Crippen LogP contribution in [0.2, 0.25) is 0 Å². The highest BCUT2D eigenvalue weighted by Gasteiger charge is 2.33. The van der Waals surface area contributed by atoms with Gasteiger partial charge in [-0.05, 0) is 43.5 Å². The molecule has 1 heterocycles. The largest absolute Gasteiger partial charge is 0.396 e. The van der Waals surface area contributed by atoms with Crippen molar-refractivity contribution in [2.24, 2.45) is 0 Å². The van der Waals surface area contributed by atoms with Gasteiger partial charge >= 0.3 is 0 Å². The van der Waals surface area contributed by atoms with Gasteiger partial charge in [0.1, 0.15) is 5.82 Å². The Bertz CT molecular complexity index is 342. The van der Waals surface area contributed by atoms with Gasteiger partial charge in [-0.3, -0.25) is 0 Å². The first-order valence-corrected chi connectivity index (χ1v) is 5.84. The molecule has 0 aromatic heterocycles. The fourth-order valence-electron chi connectivity index (χ4n) is 2.60. The van der Waals surface area contributed by atoms with Crippen LogP contribution in [-0.4, -0.2) is 24.8 Å². The maximum absolute atomic E-state index is 13.2. The zero-order valence-electron chi connectivity index (χ0n) is 9.38. The van der Waals surface area contributed by atoms with Crippen molar-refractivity contribution in [1.82, 2.24) is 5.32 Å². The van der Waals surface area contributed by atoms with Gasteiger partial charge in [-0.15, -0.1) is 0 Å². The van der Waals surface area contributed by atoms with E-state index in [1.807, 2.05) is 6.07 Å². The summed E-state index contributed by atoms with van der Waals surface area (Å²) >= 11 is 0. The second kappa shape index (κ2) is 4.93. The Morgan fingerprint density at radius 3 is 2.94 bits per heavy atom. The molecule has 0 unspecified atom stereocenters. The molecule has 1 atom stereocenters. The molecule has 0 bridgehead atoms.